The number of hydrogen-bond donors (Lipinski definition) is 2. The van der Waals surface area contributed by atoms with E-state index in [0.29, 0.717) is 17.8 Å². The summed E-state index contributed by atoms with van der Waals surface area (Å²) >= 11 is 2.17. The quantitative estimate of drug-likeness (QED) is 0.494. The molecule has 3 N–H and O–H groups in total. The first kappa shape index (κ1) is 13.1. The van der Waals surface area contributed by atoms with E-state index in [2.05, 4.69) is 28.1 Å². The molecule has 1 aromatic carbocycles. The maximum atomic E-state index is 11.2. The number of carbonyl (C=O) groups excluding carboxylic acids is 1. The number of rotatable bonds is 5. The Hall–Kier alpha value is -0.980. The van der Waals surface area contributed by atoms with Crippen LogP contribution in [0, 0.1) is 3.57 Å². The van der Waals surface area contributed by atoms with E-state index >= 15 is 0 Å². The second kappa shape index (κ2) is 6.57. The summed E-state index contributed by atoms with van der Waals surface area (Å²) in [5.74, 6) is -0.264. The summed E-state index contributed by atoms with van der Waals surface area (Å²) in [5.41, 5.74) is 9.50. The van der Waals surface area contributed by atoms with Crippen molar-refractivity contribution in [3.05, 3.63) is 21.8 Å². The van der Waals surface area contributed by atoms with Crippen molar-refractivity contribution in [3.8, 4) is 0 Å². The van der Waals surface area contributed by atoms with Gasteiger partial charge in [-0.25, -0.2) is 10.3 Å². The maximum Gasteiger partial charge on any atom is 0.332 e. The Morgan fingerprint density at radius 1 is 1.56 bits per heavy atom. The minimum Gasteiger partial charge on any atom is -0.397 e. The third kappa shape index (κ3) is 4.26. The first-order valence-corrected chi connectivity index (χ1v) is 6.22. The van der Waals surface area contributed by atoms with Crippen molar-refractivity contribution >= 4 is 39.9 Å². The van der Waals surface area contributed by atoms with Crippen LogP contribution in [0.2, 0.25) is 0 Å². The second-order valence-corrected chi connectivity index (χ2v) is 4.66. The molecule has 0 aromatic heterocycles. The fraction of sp³-hybridized carbons (Fsp3) is 0.364. The molecule has 0 saturated carbocycles. The summed E-state index contributed by atoms with van der Waals surface area (Å²) in [5, 5.41) is 0. The largest absolute Gasteiger partial charge is 0.397 e. The minimum atomic E-state index is -0.264. The summed E-state index contributed by atoms with van der Waals surface area (Å²) in [6.45, 7) is 2.03. The molecule has 4 nitrogen and oxygen atoms in total. The van der Waals surface area contributed by atoms with Gasteiger partial charge in [0.15, 0.2) is 0 Å². The third-order valence-electron chi connectivity index (χ3n) is 2.02. The number of nitrogen functional groups attached to an aromatic ring is 1. The Labute approximate surface area is 109 Å². The molecule has 0 radical (unpaired) electrons. The fourth-order valence-electron chi connectivity index (χ4n) is 1.11. The molecule has 0 aliphatic heterocycles. The Kier molecular flexibility index (Phi) is 5.37. The number of nitrogens with one attached hydrogen (secondary N) is 1. The van der Waals surface area contributed by atoms with Gasteiger partial charge in [-0.15, -0.1) is 0 Å². The number of benzene rings is 1. The fourth-order valence-corrected chi connectivity index (χ4v) is 1.63. The predicted molar refractivity (Wildman–Crippen MR) is 72.8 cm³/mol. The van der Waals surface area contributed by atoms with Crippen LogP contribution in [-0.4, -0.2) is 5.97 Å². The van der Waals surface area contributed by atoms with Crippen LogP contribution in [0.3, 0.4) is 0 Å². The first-order valence-electron chi connectivity index (χ1n) is 5.14. The lowest BCUT2D eigenvalue weighted by molar-refractivity contribution is -0.140. The first-order chi connectivity index (χ1) is 7.63. The van der Waals surface area contributed by atoms with Gasteiger partial charge in [-0.3, -0.25) is 0 Å². The Bertz CT molecular complexity index is 369. The zero-order valence-corrected chi connectivity index (χ0v) is 11.3. The van der Waals surface area contributed by atoms with Gasteiger partial charge in [0.2, 0.25) is 0 Å². The van der Waals surface area contributed by atoms with Gasteiger partial charge in [-0.2, -0.15) is 0 Å². The van der Waals surface area contributed by atoms with E-state index in [1.54, 1.807) is 6.07 Å². The van der Waals surface area contributed by atoms with Crippen LogP contribution in [0.4, 0.5) is 11.4 Å². The number of hydrogen-bond acceptors (Lipinski definition) is 4. The number of nitrogens with two attached hydrogens (primary N) is 1. The second-order valence-electron chi connectivity index (χ2n) is 3.41. The van der Waals surface area contributed by atoms with E-state index in [-0.39, 0.29) is 5.97 Å². The highest BCUT2D eigenvalue weighted by atomic mass is 127. The predicted octanol–water partition coefficient (Wildman–Crippen LogP) is 2.93. The normalized spacial score (nSPS) is 9.88. The highest BCUT2D eigenvalue weighted by Gasteiger charge is 2.04. The lowest BCUT2D eigenvalue weighted by Crippen LogP contribution is -2.11. The van der Waals surface area contributed by atoms with Crippen molar-refractivity contribution in [1.82, 2.24) is 0 Å². The van der Waals surface area contributed by atoms with Gasteiger partial charge in [0.05, 0.1) is 11.4 Å². The number of anilines is 2. The Morgan fingerprint density at radius 3 is 2.94 bits per heavy atom. The molecule has 0 amide bonds. The summed E-state index contributed by atoms with van der Waals surface area (Å²) in [4.78, 5) is 16.1. The molecule has 1 rings (SSSR count). The molecule has 0 heterocycles. The van der Waals surface area contributed by atoms with Crippen molar-refractivity contribution in [2.24, 2.45) is 0 Å². The molecule has 0 unspecified atom stereocenters. The summed E-state index contributed by atoms with van der Waals surface area (Å²) < 4.78 is 1.04. The molecular formula is C11H15IN2O2. The molecular weight excluding hydrogens is 319 g/mol. The lowest BCUT2D eigenvalue weighted by atomic mass is 10.2. The van der Waals surface area contributed by atoms with Crippen LogP contribution < -0.4 is 11.2 Å². The Balaban J connectivity index is 2.45. The molecule has 0 saturated heterocycles. The van der Waals surface area contributed by atoms with Crippen LogP contribution in [0.1, 0.15) is 26.2 Å². The molecule has 0 spiro atoms. The summed E-state index contributed by atoms with van der Waals surface area (Å²) in [6, 6.07) is 5.48. The highest BCUT2D eigenvalue weighted by Crippen LogP contribution is 2.20. The molecule has 0 atom stereocenters. The number of unbranched alkanes of at least 4 members (excludes halogenated alkanes) is 1. The van der Waals surface area contributed by atoms with Crippen LogP contribution >= 0.6 is 22.6 Å². The molecule has 0 aliphatic carbocycles. The number of halogens is 1. The molecule has 16 heavy (non-hydrogen) atoms. The van der Waals surface area contributed by atoms with E-state index in [1.165, 1.54) is 0 Å². The van der Waals surface area contributed by atoms with Crippen molar-refractivity contribution in [1.29, 1.82) is 0 Å². The molecule has 5 heteroatoms. The number of carbonyl (C=O) groups is 1. The summed E-state index contributed by atoms with van der Waals surface area (Å²) in [6.07, 6.45) is 2.23. The average Bonchev–Trinajstić information content (AvgIpc) is 2.25. The van der Waals surface area contributed by atoms with Gasteiger partial charge < -0.3 is 10.6 Å². The molecule has 88 valence electrons. The smallest absolute Gasteiger partial charge is 0.332 e. The Morgan fingerprint density at radius 2 is 2.31 bits per heavy atom. The van der Waals surface area contributed by atoms with E-state index in [0.717, 1.165) is 16.4 Å². The van der Waals surface area contributed by atoms with Crippen molar-refractivity contribution in [2.45, 2.75) is 26.2 Å². The average molecular weight is 334 g/mol. The van der Waals surface area contributed by atoms with Gasteiger partial charge in [0.25, 0.3) is 0 Å². The highest BCUT2D eigenvalue weighted by molar-refractivity contribution is 14.1. The zero-order chi connectivity index (χ0) is 12.0. The van der Waals surface area contributed by atoms with E-state index < -0.39 is 0 Å². The minimum absolute atomic E-state index is 0.264. The maximum absolute atomic E-state index is 11.2. The van der Waals surface area contributed by atoms with Gasteiger partial charge in [0.1, 0.15) is 0 Å². The topological polar surface area (TPSA) is 64.3 Å². The van der Waals surface area contributed by atoms with Gasteiger partial charge in [0, 0.05) is 9.99 Å². The van der Waals surface area contributed by atoms with Gasteiger partial charge in [-0.1, -0.05) is 13.3 Å². The van der Waals surface area contributed by atoms with E-state index in [9.17, 15) is 4.79 Å². The van der Waals surface area contributed by atoms with Gasteiger partial charge in [-0.05, 0) is 47.2 Å². The van der Waals surface area contributed by atoms with Crippen molar-refractivity contribution < 1.29 is 9.63 Å². The molecule has 0 fully saturated rings. The van der Waals surface area contributed by atoms with Crippen LogP contribution in [0.15, 0.2) is 18.2 Å². The van der Waals surface area contributed by atoms with E-state index in [4.69, 9.17) is 10.6 Å². The lowest BCUT2D eigenvalue weighted by Gasteiger charge is -2.09. The standard InChI is InChI=1S/C11H15IN2O2/c1-2-3-4-11(15)16-14-10-6-5-8(12)7-9(10)13/h5-7,14H,2-4,13H2,1H3. The molecule has 1 aromatic rings. The zero-order valence-electron chi connectivity index (χ0n) is 9.13. The molecule has 0 bridgehead atoms. The van der Waals surface area contributed by atoms with Crippen molar-refractivity contribution in [3.63, 3.8) is 0 Å². The summed E-state index contributed by atoms with van der Waals surface area (Å²) in [7, 11) is 0. The van der Waals surface area contributed by atoms with Crippen LogP contribution in [-0.2, 0) is 9.63 Å². The van der Waals surface area contributed by atoms with Crippen LogP contribution in [0.5, 0.6) is 0 Å². The SMILES string of the molecule is CCCCC(=O)ONc1ccc(I)cc1N. The monoisotopic (exact) mass is 334 g/mol. The van der Waals surface area contributed by atoms with E-state index in [1.807, 2.05) is 19.1 Å². The van der Waals surface area contributed by atoms with Crippen LogP contribution in [0.25, 0.3) is 0 Å². The third-order valence-corrected chi connectivity index (χ3v) is 2.69. The van der Waals surface area contributed by atoms with Crippen molar-refractivity contribution in [2.75, 3.05) is 11.2 Å². The molecule has 0 aliphatic rings. The van der Waals surface area contributed by atoms with Gasteiger partial charge >= 0.3 is 5.97 Å².